The van der Waals surface area contributed by atoms with Crippen LogP contribution in [0.25, 0.3) is 22.5 Å². The average molecular weight is 631 g/mol. The van der Waals surface area contributed by atoms with E-state index in [4.69, 9.17) is 34.0 Å². The first-order valence-electron chi connectivity index (χ1n) is 16.1. The Bertz CT molecular complexity index is 1740. The Morgan fingerprint density at radius 3 is 2.17 bits per heavy atom. The van der Waals surface area contributed by atoms with Crippen LogP contribution in [0, 0.1) is 5.82 Å². The van der Waals surface area contributed by atoms with Crippen LogP contribution in [0.15, 0.2) is 51.4 Å². The Labute approximate surface area is 266 Å². The molecule has 2 N–H and O–H groups in total. The van der Waals surface area contributed by atoms with Gasteiger partial charge in [-0.15, -0.1) is 0 Å². The van der Waals surface area contributed by atoms with Crippen LogP contribution in [-0.2, 0) is 6.54 Å². The molecule has 0 radical (unpaired) electrons. The smallest absolute Gasteiger partial charge is 0.308 e. The lowest BCUT2D eigenvalue weighted by Crippen LogP contribution is -2.50. The van der Waals surface area contributed by atoms with E-state index in [9.17, 15) is 4.39 Å². The first-order chi connectivity index (χ1) is 22.5. The number of pyridine rings is 2. The van der Waals surface area contributed by atoms with Crippen molar-refractivity contribution in [2.75, 3.05) is 50.0 Å². The molecule has 13 heteroatoms. The van der Waals surface area contributed by atoms with E-state index in [1.807, 2.05) is 30.9 Å². The molecule has 2 fully saturated rings. The second-order valence-electron chi connectivity index (χ2n) is 11.8. The number of hydrogen-bond acceptors (Lipinski definition) is 12. The number of fused-ring (bicyclic) bond motifs is 2. The number of benzene rings is 1. The lowest BCUT2D eigenvalue weighted by atomic mass is 9.97. The lowest BCUT2D eigenvalue weighted by molar-refractivity contribution is 0.0843. The molecule has 7 rings (SSSR count). The number of hydrogen-bond donors (Lipinski definition) is 1. The fraction of sp³-hybridized carbons (Fsp3) is 0.455. The third-order valence-corrected chi connectivity index (χ3v) is 8.84. The molecule has 2 saturated heterocycles. The van der Waals surface area contributed by atoms with Crippen molar-refractivity contribution in [2.45, 2.75) is 58.2 Å². The van der Waals surface area contributed by atoms with Gasteiger partial charge in [0, 0.05) is 37.9 Å². The van der Waals surface area contributed by atoms with E-state index in [0.717, 1.165) is 64.0 Å². The molecule has 242 valence electrons. The van der Waals surface area contributed by atoms with Crippen LogP contribution < -0.4 is 20.1 Å². The summed E-state index contributed by atoms with van der Waals surface area (Å²) in [6.07, 6.45) is 5.60. The topological polar surface area (TPSA) is 132 Å². The molecule has 5 aromatic rings. The second-order valence-corrected chi connectivity index (χ2v) is 11.8. The van der Waals surface area contributed by atoms with Crippen molar-refractivity contribution in [3.05, 3.63) is 54.0 Å². The highest BCUT2D eigenvalue weighted by Crippen LogP contribution is 2.36. The highest BCUT2D eigenvalue weighted by atomic mass is 19.1. The molecule has 1 aromatic carbocycles. The monoisotopic (exact) mass is 630 g/mol. The van der Waals surface area contributed by atoms with E-state index in [-0.39, 0.29) is 17.5 Å². The molecule has 12 nitrogen and oxygen atoms in total. The van der Waals surface area contributed by atoms with Crippen molar-refractivity contribution >= 4 is 40.3 Å². The van der Waals surface area contributed by atoms with Gasteiger partial charge >= 0.3 is 12.0 Å². The second kappa shape index (κ2) is 13.1. The van der Waals surface area contributed by atoms with Gasteiger partial charge in [0.15, 0.2) is 11.5 Å². The van der Waals surface area contributed by atoms with Crippen LogP contribution in [0.4, 0.5) is 22.2 Å². The Balaban J connectivity index is 1.01. The zero-order valence-electron chi connectivity index (χ0n) is 26.2. The Kier molecular flexibility index (Phi) is 8.59. The molecule has 46 heavy (non-hydrogen) atoms. The summed E-state index contributed by atoms with van der Waals surface area (Å²) in [5, 5.41) is 0. The van der Waals surface area contributed by atoms with E-state index >= 15 is 0 Å². The van der Waals surface area contributed by atoms with Gasteiger partial charge in [-0.3, -0.25) is 4.90 Å². The average Bonchev–Trinajstić information content (AvgIpc) is 3.68. The van der Waals surface area contributed by atoms with Crippen molar-refractivity contribution in [3.8, 4) is 11.5 Å². The molecular weight excluding hydrogens is 591 g/mol. The zero-order chi connectivity index (χ0) is 31.6. The number of aromatic nitrogens is 4. The molecule has 0 saturated carbocycles. The summed E-state index contributed by atoms with van der Waals surface area (Å²) >= 11 is 0. The van der Waals surface area contributed by atoms with Gasteiger partial charge in [-0.2, -0.15) is 19.3 Å². The van der Waals surface area contributed by atoms with Gasteiger partial charge in [0.25, 0.3) is 5.71 Å². The number of ether oxygens (including phenoxy) is 2. The van der Waals surface area contributed by atoms with Crippen LogP contribution in [-0.4, -0.2) is 81.2 Å². The molecule has 0 aliphatic carbocycles. The van der Waals surface area contributed by atoms with Gasteiger partial charge < -0.3 is 28.9 Å². The Morgan fingerprint density at radius 1 is 0.870 bits per heavy atom. The summed E-state index contributed by atoms with van der Waals surface area (Å²) in [4.78, 5) is 25.1. The minimum absolute atomic E-state index is 0.0624. The number of oxazole rings is 2. The van der Waals surface area contributed by atoms with Crippen LogP contribution in [0.1, 0.15) is 45.1 Å². The van der Waals surface area contributed by atoms with E-state index < -0.39 is 5.82 Å². The predicted molar refractivity (Wildman–Crippen MR) is 172 cm³/mol. The Hall–Kier alpha value is -4.49. The predicted octanol–water partition coefficient (Wildman–Crippen LogP) is 5.54. The SMILES string of the molecule is CCOc1cc(CN2CCC(N3CCC(N(c4nc5cccnc5o4)c4nc5ccc(N)nc5o4)CC3)CC2)cc(OCC)c1F. The fourth-order valence-electron chi connectivity index (χ4n) is 6.63. The first-order valence-corrected chi connectivity index (χ1v) is 16.1. The zero-order valence-corrected chi connectivity index (χ0v) is 26.2. The molecule has 2 aliphatic heterocycles. The molecule has 0 bridgehead atoms. The maximum absolute atomic E-state index is 14.7. The van der Waals surface area contributed by atoms with E-state index in [0.29, 0.717) is 59.6 Å². The van der Waals surface area contributed by atoms with Crippen molar-refractivity contribution < 1.29 is 22.7 Å². The number of likely N-dealkylation sites (tertiary alicyclic amines) is 2. The normalized spacial score (nSPS) is 17.2. The van der Waals surface area contributed by atoms with Gasteiger partial charge in [0.05, 0.1) is 13.2 Å². The number of halogens is 1. The number of nitrogens with zero attached hydrogens (tertiary/aromatic N) is 7. The Morgan fingerprint density at radius 2 is 1.52 bits per heavy atom. The third-order valence-electron chi connectivity index (χ3n) is 8.84. The van der Waals surface area contributed by atoms with Gasteiger partial charge in [-0.05, 0) is 94.6 Å². The molecule has 4 aromatic heterocycles. The van der Waals surface area contributed by atoms with Crippen molar-refractivity contribution in [1.82, 2.24) is 29.7 Å². The molecule has 6 heterocycles. The lowest BCUT2D eigenvalue weighted by Gasteiger charge is -2.43. The van der Waals surface area contributed by atoms with Crippen LogP contribution >= 0.6 is 0 Å². The standard InChI is InChI=1S/C33H39FN8O4/c1-3-43-26-18-21(19-27(29(26)34)44-4-2)20-40-14-9-22(10-15-40)41-16-11-23(12-17-41)42(32-37-24-6-5-13-36-30(24)45-32)33-38-25-7-8-28(35)39-31(25)46-33/h5-8,13,18-19,22-23H,3-4,9-12,14-17,20H2,1-2H3,(H2,35,39). The largest absolute Gasteiger partial charge is 0.491 e. The number of nitrogen functional groups attached to an aromatic ring is 1. The minimum Gasteiger partial charge on any atom is -0.491 e. The number of rotatable bonds is 10. The summed E-state index contributed by atoms with van der Waals surface area (Å²) in [6.45, 7) is 9.05. The number of nitrogens with two attached hydrogens (primary N) is 1. The van der Waals surface area contributed by atoms with Crippen LogP contribution in [0.2, 0.25) is 0 Å². The first kappa shape index (κ1) is 30.2. The molecule has 2 aliphatic rings. The number of anilines is 3. The maximum atomic E-state index is 14.7. The van der Waals surface area contributed by atoms with Crippen molar-refractivity contribution in [1.29, 1.82) is 0 Å². The quantitative estimate of drug-likeness (QED) is 0.208. The summed E-state index contributed by atoms with van der Waals surface area (Å²) in [5.41, 5.74) is 9.04. The van der Waals surface area contributed by atoms with Crippen LogP contribution in [0.3, 0.4) is 0 Å². The highest BCUT2D eigenvalue weighted by Gasteiger charge is 2.35. The van der Waals surface area contributed by atoms with E-state index in [1.54, 1.807) is 30.5 Å². The summed E-state index contributed by atoms with van der Waals surface area (Å²) < 4.78 is 38.1. The van der Waals surface area contributed by atoms with E-state index in [2.05, 4.69) is 19.8 Å². The fourth-order valence-corrected chi connectivity index (χ4v) is 6.63. The molecule has 0 amide bonds. The van der Waals surface area contributed by atoms with E-state index in [1.165, 1.54) is 0 Å². The number of piperidine rings is 2. The van der Waals surface area contributed by atoms with Gasteiger partial charge in [-0.25, -0.2) is 9.88 Å². The minimum atomic E-state index is -0.432. The highest BCUT2D eigenvalue weighted by molar-refractivity contribution is 5.75. The summed E-state index contributed by atoms with van der Waals surface area (Å²) in [7, 11) is 0. The van der Waals surface area contributed by atoms with Gasteiger partial charge in [0.2, 0.25) is 11.5 Å². The van der Waals surface area contributed by atoms with Crippen molar-refractivity contribution in [2.24, 2.45) is 0 Å². The van der Waals surface area contributed by atoms with Gasteiger partial charge in [-0.1, -0.05) is 0 Å². The summed E-state index contributed by atoms with van der Waals surface area (Å²) in [6, 6.07) is 12.2. The van der Waals surface area contributed by atoms with Crippen LogP contribution in [0.5, 0.6) is 11.5 Å². The molecular formula is C33H39FN8O4. The van der Waals surface area contributed by atoms with Crippen molar-refractivity contribution in [3.63, 3.8) is 0 Å². The van der Waals surface area contributed by atoms with Gasteiger partial charge in [0.1, 0.15) is 16.9 Å². The summed E-state index contributed by atoms with van der Waals surface area (Å²) in [5.74, 6) is 0.443. The third kappa shape index (κ3) is 6.16. The molecule has 0 atom stereocenters. The molecule has 0 unspecified atom stereocenters. The molecule has 0 spiro atoms. The maximum Gasteiger partial charge on any atom is 0.308 e.